The molecule has 0 aliphatic carbocycles. The number of nitro groups is 1. The third kappa shape index (κ3) is 2.12. The molecule has 0 aliphatic heterocycles. The second-order valence-electron chi connectivity index (χ2n) is 3.05. The van der Waals surface area contributed by atoms with E-state index in [1.165, 1.54) is 13.0 Å². The van der Waals surface area contributed by atoms with E-state index in [1.54, 1.807) is 6.92 Å². The van der Waals surface area contributed by atoms with Crippen molar-refractivity contribution < 1.29 is 17.2 Å². The number of rotatable bonds is 2. The highest BCUT2D eigenvalue weighted by Gasteiger charge is 2.28. The van der Waals surface area contributed by atoms with Crippen molar-refractivity contribution in [2.75, 3.05) is 0 Å². The molecule has 0 spiro atoms. The van der Waals surface area contributed by atoms with Gasteiger partial charge in [-0.25, -0.2) is 0 Å². The Labute approximate surface area is 85.9 Å². The minimum Gasteiger partial charge on any atom is -0.258 e. The van der Waals surface area contributed by atoms with Crippen LogP contribution in [0.15, 0.2) is 17.0 Å². The molecule has 5 nitrogen and oxygen atoms in total. The largest absolute Gasteiger partial charge is 0.339 e. The molecule has 0 fully saturated rings. The van der Waals surface area contributed by atoms with Gasteiger partial charge in [0.15, 0.2) is 4.90 Å². The van der Waals surface area contributed by atoms with Crippen LogP contribution < -0.4 is 0 Å². The average molecular weight is 233 g/mol. The van der Waals surface area contributed by atoms with Crippen LogP contribution >= 0.6 is 0 Å². The fourth-order valence-electron chi connectivity index (χ4n) is 1.23. The molecule has 1 rings (SSSR count). The van der Waals surface area contributed by atoms with Crippen molar-refractivity contribution in [3.63, 3.8) is 0 Å². The lowest BCUT2D eigenvalue weighted by Crippen LogP contribution is -2.03. The van der Waals surface area contributed by atoms with Crippen molar-refractivity contribution in [2.45, 2.75) is 18.7 Å². The van der Waals surface area contributed by atoms with Crippen LogP contribution in [0.5, 0.6) is 0 Å². The Morgan fingerprint density at radius 3 is 2.27 bits per heavy atom. The number of benzene rings is 1. The van der Waals surface area contributed by atoms with Gasteiger partial charge in [-0.05, 0) is 25.0 Å². The first-order valence-electron chi connectivity index (χ1n) is 3.94. The number of aryl methyl sites for hydroxylation is 1. The number of hydrogen-bond donors (Lipinski definition) is 0. The van der Waals surface area contributed by atoms with E-state index in [0.717, 1.165) is 6.07 Å². The predicted octanol–water partition coefficient (Wildman–Crippen LogP) is 1.87. The molecule has 0 radical (unpaired) electrons. The molecule has 1 aromatic carbocycles. The number of halogens is 1. The van der Waals surface area contributed by atoms with Gasteiger partial charge in [-0.15, -0.1) is 3.89 Å². The second kappa shape index (κ2) is 3.58. The van der Waals surface area contributed by atoms with Crippen LogP contribution in [-0.4, -0.2) is 13.3 Å². The van der Waals surface area contributed by atoms with Gasteiger partial charge in [0.1, 0.15) is 0 Å². The van der Waals surface area contributed by atoms with Gasteiger partial charge in [0, 0.05) is 6.07 Å². The average Bonchev–Trinajstić information content (AvgIpc) is 2.06. The van der Waals surface area contributed by atoms with E-state index >= 15 is 0 Å². The Morgan fingerprint density at radius 1 is 1.33 bits per heavy atom. The predicted molar refractivity (Wildman–Crippen MR) is 50.9 cm³/mol. The lowest BCUT2D eigenvalue weighted by Gasteiger charge is -2.04. The molecule has 0 heterocycles. The summed E-state index contributed by atoms with van der Waals surface area (Å²) in [6, 6.07) is 2.36. The Kier molecular flexibility index (Phi) is 2.76. The zero-order valence-electron chi connectivity index (χ0n) is 8.02. The summed E-state index contributed by atoms with van der Waals surface area (Å²) in [7, 11) is -5.07. The molecule has 1 aromatic rings. The maximum atomic E-state index is 12.9. The maximum absolute atomic E-state index is 12.9. The number of nitrogens with zero attached hydrogens (tertiary/aromatic N) is 1. The third-order valence-electron chi connectivity index (χ3n) is 2.10. The van der Waals surface area contributed by atoms with Crippen LogP contribution in [0.3, 0.4) is 0 Å². The van der Waals surface area contributed by atoms with Gasteiger partial charge in [-0.2, -0.15) is 8.42 Å². The zero-order valence-corrected chi connectivity index (χ0v) is 8.84. The highest BCUT2D eigenvalue weighted by molar-refractivity contribution is 7.86. The van der Waals surface area contributed by atoms with E-state index in [1.807, 2.05) is 0 Å². The highest BCUT2D eigenvalue weighted by atomic mass is 32.3. The molecule has 0 bridgehead atoms. The molecule has 0 amide bonds. The van der Waals surface area contributed by atoms with Gasteiger partial charge in [0.25, 0.3) is 5.69 Å². The number of nitro benzene ring substituents is 1. The Morgan fingerprint density at radius 2 is 1.87 bits per heavy atom. The van der Waals surface area contributed by atoms with E-state index in [-0.39, 0.29) is 5.56 Å². The lowest BCUT2D eigenvalue weighted by molar-refractivity contribution is -0.388. The maximum Gasteiger partial charge on any atom is 0.339 e. The Bertz CT molecular complexity index is 524. The molecular weight excluding hydrogens is 225 g/mol. The van der Waals surface area contributed by atoms with Crippen molar-refractivity contribution >= 4 is 15.9 Å². The first kappa shape index (κ1) is 11.6. The summed E-state index contributed by atoms with van der Waals surface area (Å²) in [5.41, 5.74) is -0.191. The van der Waals surface area contributed by atoms with Gasteiger partial charge in [-0.3, -0.25) is 10.1 Å². The zero-order chi connectivity index (χ0) is 11.8. The topological polar surface area (TPSA) is 77.3 Å². The smallest absolute Gasteiger partial charge is 0.258 e. The van der Waals surface area contributed by atoms with Gasteiger partial charge in [0.2, 0.25) is 0 Å². The van der Waals surface area contributed by atoms with E-state index in [0.29, 0.717) is 5.56 Å². The first-order chi connectivity index (χ1) is 6.75. The quantitative estimate of drug-likeness (QED) is 0.444. The molecule has 0 saturated carbocycles. The molecule has 0 aliphatic rings. The summed E-state index contributed by atoms with van der Waals surface area (Å²) in [5.74, 6) is 0. The molecule has 7 heteroatoms. The fourth-order valence-corrected chi connectivity index (χ4v) is 2.15. The summed E-state index contributed by atoms with van der Waals surface area (Å²) in [5, 5.41) is 10.5. The van der Waals surface area contributed by atoms with Gasteiger partial charge in [-0.1, -0.05) is 6.07 Å². The van der Waals surface area contributed by atoms with E-state index in [2.05, 4.69) is 0 Å². The normalized spacial score (nSPS) is 11.4. The van der Waals surface area contributed by atoms with Crippen LogP contribution in [-0.2, 0) is 10.2 Å². The summed E-state index contributed by atoms with van der Waals surface area (Å²) in [6.45, 7) is 2.88. The molecule has 0 aromatic heterocycles. The van der Waals surface area contributed by atoms with Gasteiger partial charge in [0.05, 0.1) is 4.92 Å². The Balaban J connectivity index is 3.72. The Hall–Kier alpha value is -1.50. The monoisotopic (exact) mass is 233 g/mol. The second-order valence-corrected chi connectivity index (χ2v) is 4.33. The van der Waals surface area contributed by atoms with Crippen LogP contribution in [0.4, 0.5) is 9.57 Å². The lowest BCUT2D eigenvalue weighted by atomic mass is 10.1. The minimum absolute atomic E-state index is 0.0618. The van der Waals surface area contributed by atoms with Crippen molar-refractivity contribution in [1.29, 1.82) is 0 Å². The van der Waals surface area contributed by atoms with Crippen LogP contribution in [0.1, 0.15) is 11.1 Å². The van der Waals surface area contributed by atoms with Gasteiger partial charge >= 0.3 is 10.2 Å². The molecule has 82 valence electrons. The third-order valence-corrected chi connectivity index (χ3v) is 3.10. The first-order valence-corrected chi connectivity index (χ1v) is 5.32. The summed E-state index contributed by atoms with van der Waals surface area (Å²) < 4.78 is 34.4. The number of hydrogen-bond acceptors (Lipinski definition) is 4. The van der Waals surface area contributed by atoms with Crippen molar-refractivity contribution in [2.24, 2.45) is 0 Å². The minimum atomic E-state index is -5.07. The molecule has 0 atom stereocenters. The molecular formula is C8H8FNO4S. The highest BCUT2D eigenvalue weighted by Crippen LogP contribution is 2.30. The van der Waals surface area contributed by atoms with Crippen LogP contribution in [0.25, 0.3) is 0 Å². The van der Waals surface area contributed by atoms with E-state index in [9.17, 15) is 22.4 Å². The fraction of sp³-hybridized carbons (Fsp3) is 0.250. The van der Waals surface area contributed by atoms with E-state index < -0.39 is 25.7 Å². The SMILES string of the molecule is Cc1ccc([N+](=O)[O-])c(S(=O)(=O)F)c1C. The molecule has 15 heavy (non-hydrogen) atoms. The van der Waals surface area contributed by atoms with Crippen molar-refractivity contribution in [3.05, 3.63) is 33.4 Å². The molecule has 0 unspecified atom stereocenters. The van der Waals surface area contributed by atoms with Crippen molar-refractivity contribution in [1.82, 2.24) is 0 Å². The standard InChI is InChI=1S/C8H8FNO4S/c1-5-3-4-7(10(11)12)8(6(5)2)15(9,13)14/h3-4H,1-2H3. The van der Waals surface area contributed by atoms with Gasteiger partial charge < -0.3 is 0 Å². The van der Waals surface area contributed by atoms with Crippen molar-refractivity contribution in [3.8, 4) is 0 Å². The molecule has 0 N–H and O–H groups in total. The summed E-state index contributed by atoms with van der Waals surface area (Å²) in [4.78, 5) is 8.73. The summed E-state index contributed by atoms with van der Waals surface area (Å²) >= 11 is 0. The van der Waals surface area contributed by atoms with Crippen LogP contribution in [0, 0.1) is 24.0 Å². The van der Waals surface area contributed by atoms with Crippen LogP contribution in [0.2, 0.25) is 0 Å². The summed E-state index contributed by atoms with van der Waals surface area (Å²) in [6.07, 6.45) is 0. The molecule has 0 saturated heterocycles. The van der Waals surface area contributed by atoms with E-state index in [4.69, 9.17) is 0 Å².